The summed E-state index contributed by atoms with van der Waals surface area (Å²) in [6.45, 7) is 0.687. The van der Waals surface area contributed by atoms with Gasteiger partial charge in [0.1, 0.15) is 0 Å². The first-order chi connectivity index (χ1) is 11.0. The first kappa shape index (κ1) is 17.4. The van der Waals surface area contributed by atoms with Crippen molar-refractivity contribution in [3.8, 4) is 6.07 Å². The van der Waals surface area contributed by atoms with E-state index in [-0.39, 0.29) is 18.7 Å². The highest BCUT2D eigenvalue weighted by Crippen LogP contribution is 2.31. The molecule has 2 rings (SSSR count). The van der Waals surface area contributed by atoms with Crippen LogP contribution in [0.25, 0.3) is 0 Å². The molecule has 0 unspecified atom stereocenters. The molecule has 6 nitrogen and oxygen atoms in total. The fourth-order valence-electron chi connectivity index (χ4n) is 2.31. The Labute approximate surface area is 136 Å². The van der Waals surface area contributed by atoms with Gasteiger partial charge in [0, 0.05) is 19.5 Å². The molecule has 1 aliphatic rings. The Morgan fingerprint density at radius 2 is 2.17 bits per heavy atom. The zero-order valence-electron chi connectivity index (χ0n) is 13.1. The minimum atomic E-state index is -3.52. The SMILES string of the molecule is COC(=O)c1cccc(CS(=O)(=O)N(CCC#N)CC2CC2)c1. The summed E-state index contributed by atoms with van der Waals surface area (Å²) in [5.41, 5.74) is 0.858. The predicted octanol–water partition coefficient (Wildman–Crippen LogP) is 1.93. The lowest BCUT2D eigenvalue weighted by molar-refractivity contribution is 0.0600. The van der Waals surface area contributed by atoms with Crippen LogP contribution in [-0.4, -0.2) is 38.9 Å². The molecule has 0 heterocycles. The lowest BCUT2D eigenvalue weighted by atomic mass is 10.1. The number of carbonyl (C=O) groups excluding carboxylic acids is 1. The largest absolute Gasteiger partial charge is 0.465 e. The molecular formula is C16H20N2O4S. The third kappa shape index (κ3) is 5.05. The maximum absolute atomic E-state index is 12.6. The quantitative estimate of drug-likeness (QED) is 0.677. The van der Waals surface area contributed by atoms with Crippen molar-refractivity contribution >= 4 is 16.0 Å². The van der Waals surface area contributed by atoms with Crippen LogP contribution in [0.4, 0.5) is 0 Å². The fraction of sp³-hybridized carbons (Fsp3) is 0.500. The highest BCUT2D eigenvalue weighted by molar-refractivity contribution is 7.88. The molecule has 0 radical (unpaired) electrons. The van der Waals surface area contributed by atoms with Gasteiger partial charge in [-0.2, -0.15) is 5.26 Å². The standard InChI is InChI=1S/C16H20N2O4S/c1-22-16(19)15-5-2-4-14(10-15)12-23(20,21)18(9-3-8-17)11-13-6-7-13/h2,4-5,10,13H,3,6-7,9,11-12H2,1H3. The first-order valence-electron chi connectivity index (χ1n) is 7.48. The zero-order chi connectivity index (χ0) is 16.9. The van der Waals surface area contributed by atoms with Crippen molar-refractivity contribution in [2.45, 2.75) is 25.0 Å². The van der Waals surface area contributed by atoms with Crippen molar-refractivity contribution in [2.75, 3.05) is 20.2 Å². The van der Waals surface area contributed by atoms with Crippen LogP contribution in [0.5, 0.6) is 0 Å². The Morgan fingerprint density at radius 1 is 1.43 bits per heavy atom. The van der Waals surface area contributed by atoms with E-state index in [1.165, 1.54) is 17.5 Å². The number of rotatable bonds is 8. The van der Waals surface area contributed by atoms with Gasteiger partial charge in [0.15, 0.2) is 0 Å². The molecule has 1 aromatic rings. The molecule has 0 amide bonds. The van der Waals surface area contributed by atoms with E-state index in [4.69, 9.17) is 5.26 Å². The van der Waals surface area contributed by atoms with E-state index in [9.17, 15) is 13.2 Å². The Morgan fingerprint density at radius 3 is 2.78 bits per heavy atom. The number of sulfonamides is 1. The second-order valence-electron chi connectivity index (χ2n) is 5.66. The molecule has 1 fully saturated rings. The van der Waals surface area contributed by atoms with Crippen LogP contribution in [0.3, 0.4) is 0 Å². The van der Waals surface area contributed by atoms with Crippen molar-refractivity contribution < 1.29 is 17.9 Å². The molecule has 0 N–H and O–H groups in total. The lowest BCUT2D eigenvalue weighted by Crippen LogP contribution is -2.34. The van der Waals surface area contributed by atoms with Gasteiger partial charge in [-0.3, -0.25) is 0 Å². The van der Waals surface area contributed by atoms with E-state index in [2.05, 4.69) is 4.74 Å². The summed E-state index contributed by atoms with van der Waals surface area (Å²) in [4.78, 5) is 11.5. The molecule has 7 heteroatoms. The number of carbonyl (C=O) groups is 1. The zero-order valence-corrected chi connectivity index (χ0v) is 13.9. The number of benzene rings is 1. The number of nitriles is 1. The van der Waals surface area contributed by atoms with Gasteiger partial charge in [-0.15, -0.1) is 0 Å². The van der Waals surface area contributed by atoms with E-state index in [0.717, 1.165) is 12.8 Å². The van der Waals surface area contributed by atoms with Crippen LogP contribution >= 0.6 is 0 Å². The van der Waals surface area contributed by atoms with Gasteiger partial charge >= 0.3 is 5.97 Å². The van der Waals surface area contributed by atoms with E-state index in [1.54, 1.807) is 18.2 Å². The third-order valence-corrected chi connectivity index (χ3v) is 5.54. The van der Waals surface area contributed by atoms with Gasteiger partial charge in [-0.05, 0) is 36.5 Å². The topological polar surface area (TPSA) is 87.5 Å². The Balaban J connectivity index is 2.14. The van der Waals surface area contributed by atoms with Crippen LogP contribution < -0.4 is 0 Å². The number of ether oxygens (including phenoxy) is 1. The van der Waals surface area contributed by atoms with E-state index < -0.39 is 16.0 Å². The van der Waals surface area contributed by atoms with Gasteiger partial charge in [-0.25, -0.2) is 17.5 Å². The van der Waals surface area contributed by atoms with Crippen molar-refractivity contribution in [2.24, 2.45) is 5.92 Å². The summed E-state index contributed by atoms with van der Waals surface area (Å²) in [7, 11) is -2.24. The van der Waals surface area contributed by atoms with Crippen LogP contribution in [0.2, 0.25) is 0 Å². The molecule has 0 atom stereocenters. The van der Waals surface area contributed by atoms with Gasteiger partial charge in [0.25, 0.3) is 0 Å². The van der Waals surface area contributed by atoms with Gasteiger partial charge in [-0.1, -0.05) is 12.1 Å². The first-order valence-corrected chi connectivity index (χ1v) is 9.09. The lowest BCUT2D eigenvalue weighted by Gasteiger charge is -2.21. The normalized spacial score (nSPS) is 14.5. The van der Waals surface area contributed by atoms with Crippen molar-refractivity contribution in [1.82, 2.24) is 4.31 Å². The molecule has 0 bridgehead atoms. The summed E-state index contributed by atoms with van der Waals surface area (Å²) >= 11 is 0. The molecular weight excluding hydrogens is 316 g/mol. The predicted molar refractivity (Wildman–Crippen MR) is 84.9 cm³/mol. The minimum Gasteiger partial charge on any atom is -0.465 e. The minimum absolute atomic E-state index is 0.175. The second-order valence-corrected chi connectivity index (χ2v) is 7.63. The number of methoxy groups -OCH3 is 1. The molecule has 0 saturated heterocycles. The number of esters is 1. The average Bonchev–Trinajstić information content (AvgIpc) is 3.34. The average molecular weight is 336 g/mol. The smallest absolute Gasteiger partial charge is 0.337 e. The van der Waals surface area contributed by atoms with Gasteiger partial charge < -0.3 is 4.74 Å². The van der Waals surface area contributed by atoms with Gasteiger partial charge in [0.05, 0.1) is 24.5 Å². The highest BCUT2D eigenvalue weighted by Gasteiger charge is 2.30. The molecule has 1 saturated carbocycles. The summed E-state index contributed by atoms with van der Waals surface area (Å²) in [6.07, 6.45) is 2.25. The number of nitrogens with zero attached hydrogens (tertiary/aromatic N) is 2. The van der Waals surface area contributed by atoms with Crippen LogP contribution in [0.15, 0.2) is 24.3 Å². The molecule has 1 aromatic carbocycles. The van der Waals surface area contributed by atoms with Crippen molar-refractivity contribution in [3.05, 3.63) is 35.4 Å². The van der Waals surface area contributed by atoms with Crippen LogP contribution in [0.1, 0.15) is 35.2 Å². The van der Waals surface area contributed by atoms with E-state index in [1.807, 2.05) is 6.07 Å². The summed E-state index contributed by atoms with van der Waals surface area (Å²) in [5, 5.41) is 8.72. The summed E-state index contributed by atoms with van der Waals surface area (Å²) < 4.78 is 31.3. The van der Waals surface area contributed by atoms with E-state index >= 15 is 0 Å². The van der Waals surface area contributed by atoms with Crippen molar-refractivity contribution in [3.63, 3.8) is 0 Å². The molecule has 0 aliphatic heterocycles. The van der Waals surface area contributed by atoms with E-state index in [0.29, 0.717) is 23.6 Å². The Hall–Kier alpha value is -1.91. The highest BCUT2D eigenvalue weighted by atomic mass is 32.2. The van der Waals surface area contributed by atoms with Crippen molar-refractivity contribution in [1.29, 1.82) is 5.26 Å². The molecule has 0 aromatic heterocycles. The molecule has 1 aliphatic carbocycles. The van der Waals surface area contributed by atoms with Crippen LogP contribution in [-0.2, 0) is 20.5 Å². The second kappa shape index (κ2) is 7.57. The molecule has 23 heavy (non-hydrogen) atoms. The maximum Gasteiger partial charge on any atom is 0.337 e. The fourth-order valence-corrected chi connectivity index (χ4v) is 3.91. The van der Waals surface area contributed by atoms with Crippen LogP contribution in [0, 0.1) is 17.2 Å². The van der Waals surface area contributed by atoms with Gasteiger partial charge in [0.2, 0.25) is 10.0 Å². The number of hydrogen-bond acceptors (Lipinski definition) is 5. The number of hydrogen-bond donors (Lipinski definition) is 0. The summed E-state index contributed by atoms with van der Waals surface area (Å²) in [6, 6.07) is 8.41. The Bertz CT molecular complexity index is 705. The third-order valence-electron chi connectivity index (χ3n) is 3.72. The monoisotopic (exact) mass is 336 g/mol. The Kier molecular flexibility index (Phi) is 5.74. The molecule has 124 valence electrons. The maximum atomic E-state index is 12.6. The summed E-state index contributed by atoms with van der Waals surface area (Å²) in [5.74, 6) is -0.274. The molecule has 0 spiro atoms.